The van der Waals surface area contributed by atoms with Crippen LogP contribution in [0.15, 0.2) is 53.0 Å². The summed E-state index contributed by atoms with van der Waals surface area (Å²) in [5.74, 6) is 1.03. The van der Waals surface area contributed by atoms with Crippen LogP contribution in [0.4, 0.5) is 0 Å². The molecule has 25 heavy (non-hydrogen) atoms. The van der Waals surface area contributed by atoms with E-state index in [1.54, 1.807) is 7.11 Å². The average Bonchev–Trinajstić information content (AvgIpc) is 3.42. The molecule has 0 bridgehead atoms. The number of benzene rings is 2. The Kier molecular flexibility index (Phi) is 5.48. The molecule has 1 atom stereocenters. The Hall–Kier alpha value is -1.81. The minimum atomic E-state index is -0.321. The minimum Gasteiger partial charge on any atom is -0.497 e. The predicted octanol–water partition coefficient (Wildman–Crippen LogP) is 4.63. The molecule has 0 aliphatic heterocycles. The number of halogens is 1. The Bertz CT molecular complexity index is 738. The second kappa shape index (κ2) is 7.61. The molecule has 0 saturated heterocycles. The maximum atomic E-state index is 12.8. The number of methoxy groups -OCH3 is 1. The summed E-state index contributed by atoms with van der Waals surface area (Å²) in [5, 5.41) is 3.21. The summed E-state index contributed by atoms with van der Waals surface area (Å²) in [4.78, 5) is 12.8. The molecule has 4 heteroatoms. The molecular formula is C21H24BrNO2. The van der Waals surface area contributed by atoms with Crippen molar-refractivity contribution in [2.45, 2.75) is 44.1 Å². The smallest absolute Gasteiger partial charge is 0.230 e. The molecule has 1 fully saturated rings. The zero-order valence-corrected chi connectivity index (χ0v) is 16.3. The van der Waals surface area contributed by atoms with Gasteiger partial charge in [0, 0.05) is 10.5 Å². The summed E-state index contributed by atoms with van der Waals surface area (Å²) in [5.41, 5.74) is 2.05. The van der Waals surface area contributed by atoms with Gasteiger partial charge < -0.3 is 10.1 Å². The summed E-state index contributed by atoms with van der Waals surface area (Å²) < 4.78 is 6.21. The number of carbonyl (C=O) groups excluding carboxylic acids is 1. The third-order valence-electron chi connectivity index (χ3n) is 4.96. The first-order chi connectivity index (χ1) is 12.0. The van der Waals surface area contributed by atoms with Crippen LogP contribution in [-0.2, 0) is 16.6 Å². The number of ether oxygens (including phenoxy) is 1. The van der Waals surface area contributed by atoms with E-state index in [9.17, 15) is 4.79 Å². The van der Waals surface area contributed by atoms with Crippen molar-refractivity contribution in [1.82, 2.24) is 5.32 Å². The first-order valence-electron chi connectivity index (χ1n) is 8.73. The van der Waals surface area contributed by atoms with Crippen LogP contribution in [0.5, 0.6) is 5.75 Å². The lowest BCUT2D eigenvalue weighted by atomic mass is 9.94. The number of rotatable bonds is 7. The lowest BCUT2D eigenvalue weighted by molar-refractivity contribution is -0.124. The third-order valence-corrected chi connectivity index (χ3v) is 5.46. The summed E-state index contributed by atoms with van der Waals surface area (Å²) in [6, 6.07) is 16.4. The van der Waals surface area contributed by atoms with E-state index in [0.717, 1.165) is 41.5 Å². The summed E-state index contributed by atoms with van der Waals surface area (Å²) >= 11 is 3.50. The molecule has 132 valence electrons. The zero-order chi connectivity index (χ0) is 17.9. The van der Waals surface area contributed by atoms with Gasteiger partial charge in [-0.15, -0.1) is 0 Å². The van der Waals surface area contributed by atoms with Gasteiger partial charge in [-0.3, -0.25) is 4.79 Å². The molecule has 2 aromatic rings. The minimum absolute atomic E-state index is 0.152. The van der Waals surface area contributed by atoms with Crippen LogP contribution >= 0.6 is 15.9 Å². The van der Waals surface area contributed by atoms with Gasteiger partial charge in [0.15, 0.2) is 0 Å². The van der Waals surface area contributed by atoms with E-state index in [-0.39, 0.29) is 17.4 Å². The van der Waals surface area contributed by atoms with E-state index < -0.39 is 0 Å². The largest absolute Gasteiger partial charge is 0.497 e. The van der Waals surface area contributed by atoms with Gasteiger partial charge in [0.05, 0.1) is 12.5 Å². The van der Waals surface area contributed by atoms with Crippen LogP contribution in [0, 0.1) is 0 Å². The molecule has 2 aromatic carbocycles. The summed E-state index contributed by atoms with van der Waals surface area (Å²) in [7, 11) is 1.67. The van der Waals surface area contributed by atoms with E-state index in [4.69, 9.17) is 4.74 Å². The molecule has 3 nitrogen and oxygen atoms in total. The van der Waals surface area contributed by atoms with Gasteiger partial charge in [-0.2, -0.15) is 0 Å². The Balaban J connectivity index is 1.55. The SMILES string of the molecule is COc1ccc(CCC(C)NC(=O)C2(c3cccc(Br)c3)CC2)cc1. The Labute approximate surface area is 157 Å². The quantitative estimate of drug-likeness (QED) is 0.734. The van der Waals surface area contributed by atoms with Gasteiger partial charge in [0.25, 0.3) is 0 Å². The van der Waals surface area contributed by atoms with Gasteiger partial charge in [-0.1, -0.05) is 40.2 Å². The highest BCUT2D eigenvalue weighted by Gasteiger charge is 2.51. The molecule has 0 spiro atoms. The van der Waals surface area contributed by atoms with Crippen LogP contribution in [0.3, 0.4) is 0 Å². The number of amides is 1. The molecule has 1 amide bonds. The fourth-order valence-corrected chi connectivity index (χ4v) is 3.57. The Morgan fingerprint density at radius 3 is 2.56 bits per heavy atom. The molecule has 1 unspecified atom stereocenters. The van der Waals surface area contributed by atoms with Gasteiger partial charge in [0.1, 0.15) is 5.75 Å². The standard InChI is InChI=1S/C21H24BrNO2/c1-15(6-7-16-8-10-19(25-2)11-9-16)23-20(24)21(12-13-21)17-4-3-5-18(22)14-17/h3-5,8-11,14-15H,6-7,12-13H2,1-2H3,(H,23,24). The van der Waals surface area contributed by atoms with E-state index >= 15 is 0 Å². The molecule has 1 saturated carbocycles. The molecule has 0 radical (unpaired) electrons. The number of nitrogens with one attached hydrogen (secondary N) is 1. The van der Waals surface area contributed by atoms with Crippen molar-refractivity contribution in [2.75, 3.05) is 7.11 Å². The van der Waals surface area contributed by atoms with Crippen molar-refractivity contribution in [3.63, 3.8) is 0 Å². The van der Waals surface area contributed by atoms with Crippen LogP contribution in [0.1, 0.15) is 37.3 Å². The van der Waals surface area contributed by atoms with E-state index in [1.807, 2.05) is 24.3 Å². The monoisotopic (exact) mass is 401 g/mol. The summed E-state index contributed by atoms with van der Waals surface area (Å²) in [6.07, 6.45) is 3.73. The van der Waals surface area contributed by atoms with Crippen LogP contribution in [0.25, 0.3) is 0 Å². The Morgan fingerprint density at radius 1 is 1.24 bits per heavy atom. The van der Waals surface area contributed by atoms with Crippen LogP contribution < -0.4 is 10.1 Å². The summed E-state index contributed by atoms with van der Waals surface area (Å²) in [6.45, 7) is 2.08. The van der Waals surface area contributed by atoms with Crippen LogP contribution in [-0.4, -0.2) is 19.1 Å². The number of hydrogen-bond acceptors (Lipinski definition) is 2. The van der Waals surface area contributed by atoms with Gasteiger partial charge in [-0.05, 0) is 68.0 Å². The van der Waals surface area contributed by atoms with Crippen molar-refractivity contribution in [3.8, 4) is 5.75 Å². The maximum absolute atomic E-state index is 12.8. The molecular weight excluding hydrogens is 378 g/mol. The van der Waals surface area contributed by atoms with Crippen molar-refractivity contribution < 1.29 is 9.53 Å². The highest BCUT2D eigenvalue weighted by molar-refractivity contribution is 9.10. The average molecular weight is 402 g/mol. The zero-order valence-electron chi connectivity index (χ0n) is 14.7. The topological polar surface area (TPSA) is 38.3 Å². The lowest BCUT2D eigenvalue weighted by Gasteiger charge is -2.20. The van der Waals surface area contributed by atoms with Crippen molar-refractivity contribution in [1.29, 1.82) is 0 Å². The Morgan fingerprint density at radius 2 is 1.96 bits per heavy atom. The number of hydrogen-bond donors (Lipinski definition) is 1. The first-order valence-corrected chi connectivity index (χ1v) is 9.53. The lowest BCUT2D eigenvalue weighted by Crippen LogP contribution is -2.40. The van der Waals surface area contributed by atoms with Gasteiger partial charge in [-0.25, -0.2) is 0 Å². The van der Waals surface area contributed by atoms with Crippen LogP contribution in [0.2, 0.25) is 0 Å². The van der Waals surface area contributed by atoms with Gasteiger partial charge >= 0.3 is 0 Å². The van der Waals surface area contributed by atoms with E-state index in [2.05, 4.69) is 52.4 Å². The molecule has 0 aromatic heterocycles. The highest BCUT2D eigenvalue weighted by Crippen LogP contribution is 2.49. The third kappa shape index (κ3) is 4.24. The number of carbonyl (C=O) groups is 1. The maximum Gasteiger partial charge on any atom is 0.230 e. The second-order valence-corrected chi connectivity index (χ2v) is 7.77. The first kappa shape index (κ1) is 18.0. The predicted molar refractivity (Wildman–Crippen MR) is 104 cm³/mol. The van der Waals surface area contributed by atoms with Crippen molar-refractivity contribution in [2.24, 2.45) is 0 Å². The molecule has 1 aliphatic rings. The number of aryl methyl sites for hydroxylation is 1. The van der Waals surface area contributed by atoms with E-state index in [0.29, 0.717) is 0 Å². The van der Waals surface area contributed by atoms with Gasteiger partial charge in [0.2, 0.25) is 5.91 Å². The highest BCUT2D eigenvalue weighted by atomic mass is 79.9. The fraction of sp³-hybridized carbons (Fsp3) is 0.381. The molecule has 0 heterocycles. The molecule has 1 aliphatic carbocycles. The second-order valence-electron chi connectivity index (χ2n) is 6.85. The molecule has 1 N–H and O–H groups in total. The normalized spacial score (nSPS) is 16.1. The molecule has 3 rings (SSSR count). The fourth-order valence-electron chi connectivity index (χ4n) is 3.17. The van der Waals surface area contributed by atoms with E-state index in [1.165, 1.54) is 5.56 Å². The van der Waals surface area contributed by atoms with Crippen molar-refractivity contribution in [3.05, 3.63) is 64.1 Å². The van der Waals surface area contributed by atoms with Crippen molar-refractivity contribution >= 4 is 21.8 Å².